The summed E-state index contributed by atoms with van der Waals surface area (Å²) in [7, 11) is 2.07. The summed E-state index contributed by atoms with van der Waals surface area (Å²) in [5, 5.41) is 22.6. The van der Waals surface area contributed by atoms with Gasteiger partial charge >= 0.3 is 0 Å². The third kappa shape index (κ3) is 3.13. The Bertz CT molecular complexity index is 731. The topological polar surface area (TPSA) is 96.0 Å². The predicted octanol–water partition coefficient (Wildman–Crippen LogP) is 1.92. The monoisotopic (exact) mass is 374 g/mol. The van der Waals surface area contributed by atoms with Gasteiger partial charge in [-0.05, 0) is 50.8 Å². The first-order valence-corrected chi connectivity index (χ1v) is 10.1. The molecule has 0 aromatic heterocycles. The zero-order valence-corrected chi connectivity index (χ0v) is 16.0. The number of nitrogens with two attached hydrogens (primary N) is 1. The SMILES string of the molecule is CN(CC1CCCO1)[C@@H]1Cc2ccc(C(N)=O)c(O)c2C2CCCC[C@]21O. The van der Waals surface area contributed by atoms with E-state index in [-0.39, 0.29) is 29.4 Å². The number of benzene rings is 1. The summed E-state index contributed by atoms with van der Waals surface area (Å²) in [6, 6.07) is 3.48. The van der Waals surface area contributed by atoms with Crippen LogP contribution in [0.5, 0.6) is 5.75 Å². The molecule has 1 aliphatic heterocycles. The lowest BCUT2D eigenvalue weighted by Gasteiger charge is -2.52. The van der Waals surface area contributed by atoms with Crippen molar-refractivity contribution < 1.29 is 19.7 Å². The van der Waals surface area contributed by atoms with Gasteiger partial charge in [0.1, 0.15) is 5.75 Å². The Kier molecular flexibility index (Phi) is 4.91. The fourth-order valence-electron chi connectivity index (χ4n) is 5.55. The minimum absolute atomic E-state index is 0.0293. The number of primary amides is 1. The molecule has 27 heavy (non-hydrogen) atoms. The van der Waals surface area contributed by atoms with E-state index in [1.165, 1.54) is 0 Å². The van der Waals surface area contributed by atoms with E-state index in [4.69, 9.17) is 10.5 Å². The first-order valence-electron chi connectivity index (χ1n) is 10.1. The molecule has 1 saturated carbocycles. The minimum atomic E-state index is -0.910. The average molecular weight is 374 g/mol. The van der Waals surface area contributed by atoms with E-state index in [0.717, 1.165) is 56.4 Å². The zero-order chi connectivity index (χ0) is 19.2. The van der Waals surface area contributed by atoms with Gasteiger partial charge in [0.2, 0.25) is 0 Å². The molecule has 4 rings (SSSR count). The zero-order valence-electron chi connectivity index (χ0n) is 16.0. The van der Waals surface area contributed by atoms with E-state index in [1.54, 1.807) is 6.07 Å². The van der Waals surface area contributed by atoms with Crippen LogP contribution in [0.2, 0.25) is 0 Å². The van der Waals surface area contributed by atoms with Gasteiger partial charge in [-0.3, -0.25) is 9.69 Å². The highest BCUT2D eigenvalue weighted by Crippen LogP contribution is 2.52. The Morgan fingerprint density at radius 2 is 2.15 bits per heavy atom. The molecule has 1 heterocycles. The molecule has 1 aromatic carbocycles. The van der Waals surface area contributed by atoms with Crippen LogP contribution in [0, 0.1) is 0 Å². The number of likely N-dealkylation sites (N-methyl/N-ethyl adjacent to an activating group) is 1. The van der Waals surface area contributed by atoms with Gasteiger partial charge < -0.3 is 20.7 Å². The van der Waals surface area contributed by atoms with Gasteiger partial charge in [0.05, 0.1) is 17.3 Å². The highest BCUT2D eigenvalue weighted by molar-refractivity contribution is 5.96. The lowest BCUT2D eigenvalue weighted by Crippen LogP contribution is -2.60. The van der Waals surface area contributed by atoms with Gasteiger partial charge in [-0.1, -0.05) is 18.9 Å². The van der Waals surface area contributed by atoms with E-state index < -0.39 is 11.5 Å². The van der Waals surface area contributed by atoms with Crippen LogP contribution in [0.15, 0.2) is 12.1 Å². The van der Waals surface area contributed by atoms with Crippen molar-refractivity contribution in [3.8, 4) is 5.75 Å². The van der Waals surface area contributed by atoms with Crippen molar-refractivity contribution in [1.82, 2.24) is 4.90 Å². The van der Waals surface area contributed by atoms with E-state index in [9.17, 15) is 15.0 Å². The van der Waals surface area contributed by atoms with Crippen LogP contribution >= 0.6 is 0 Å². The molecule has 0 bridgehead atoms. The maximum absolute atomic E-state index is 11.8. The number of rotatable bonds is 4. The van der Waals surface area contributed by atoms with Crippen LogP contribution in [0.1, 0.15) is 65.9 Å². The number of hydrogen-bond acceptors (Lipinski definition) is 5. The van der Waals surface area contributed by atoms with Gasteiger partial charge in [0.15, 0.2) is 0 Å². The quantitative estimate of drug-likeness (QED) is 0.748. The van der Waals surface area contributed by atoms with Crippen molar-refractivity contribution in [2.45, 2.75) is 68.6 Å². The predicted molar refractivity (Wildman–Crippen MR) is 102 cm³/mol. The molecule has 6 nitrogen and oxygen atoms in total. The number of carbonyl (C=O) groups is 1. The fraction of sp³-hybridized carbons (Fsp3) is 0.667. The van der Waals surface area contributed by atoms with Crippen LogP contribution in [-0.4, -0.2) is 59.0 Å². The highest BCUT2D eigenvalue weighted by atomic mass is 16.5. The molecule has 1 amide bonds. The molecule has 4 N–H and O–H groups in total. The van der Waals surface area contributed by atoms with Crippen LogP contribution < -0.4 is 5.73 Å². The van der Waals surface area contributed by atoms with E-state index in [1.807, 2.05) is 6.07 Å². The van der Waals surface area contributed by atoms with Crippen LogP contribution in [0.3, 0.4) is 0 Å². The van der Waals surface area contributed by atoms with Gasteiger partial charge in [-0.2, -0.15) is 0 Å². The summed E-state index contributed by atoms with van der Waals surface area (Å²) >= 11 is 0. The lowest BCUT2D eigenvalue weighted by atomic mass is 9.61. The third-order valence-electron chi connectivity index (χ3n) is 6.88. The molecule has 2 aliphatic carbocycles. The molecular weight excluding hydrogens is 344 g/mol. The lowest BCUT2D eigenvalue weighted by molar-refractivity contribution is -0.0955. The van der Waals surface area contributed by atoms with Crippen molar-refractivity contribution in [1.29, 1.82) is 0 Å². The number of aliphatic hydroxyl groups is 1. The molecule has 4 atom stereocenters. The fourth-order valence-corrected chi connectivity index (χ4v) is 5.55. The number of hydrogen-bond donors (Lipinski definition) is 3. The van der Waals surface area contributed by atoms with Crippen molar-refractivity contribution in [2.24, 2.45) is 5.73 Å². The summed E-state index contributed by atoms with van der Waals surface area (Å²) in [4.78, 5) is 13.9. The molecule has 0 spiro atoms. The maximum Gasteiger partial charge on any atom is 0.252 e. The Hall–Kier alpha value is -1.63. The standard InChI is InChI=1S/C21H30N2O4/c1-23(12-14-5-4-10-27-14)17-11-13-7-8-15(20(22)25)19(24)18(13)16-6-2-3-9-21(16,17)26/h7-8,14,16-17,24,26H,2-6,9-12H2,1H3,(H2,22,25)/t14?,16?,17-,21+/m1/s1. The summed E-state index contributed by atoms with van der Waals surface area (Å²) in [6.45, 7) is 1.63. The number of carbonyl (C=O) groups excluding carboxylic acids is 1. The minimum Gasteiger partial charge on any atom is -0.507 e. The number of amides is 1. The van der Waals surface area contributed by atoms with Crippen LogP contribution in [0.25, 0.3) is 0 Å². The second-order valence-corrected chi connectivity index (χ2v) is 8.48. The van der Waals surface area contributed by atoms with Gasteiger partial charge in [-0.15, -0.1) is 0 Å². The summed E-state index contributed by atoms with van der Waals surface area (Å²) in [6.07, 6.45) is 6.55. The molecule has 1 aromatic rings. The first-order chi connectivity index (χ1) is 12.9. The molecule has 6 heteroatoms. The van der Waals surface area contributed by atoms with Crippen molar-refractivity contribution >= 4 is 5.91 Å². The first kappa shape index (κ1) is 18.7. The Morgan fingerprint density at radius 1 is 1.33 bits per heavy atom. The molecule has 1 saturated heterocycles. The Morgan fingerprint density at radius 3 is 2.85 bits per heavy atom. The number of aromatic hydroxyl groups is 1. The third-order valence-corrected chi connectivity index (χ3v) is 6.88. The van der Waals surface area contributed by atoms with Crippen LogP contribution in [0.4, 0.5) is 0 Å². The van der Waals surface area contributed by atoms with Gasteiger partial charge in [-0.25, -0.2) is 0 Å². The van der Waals surface area contributed by atoms with Crippen molar-refractivity contribution in [3.63, 3.8) is 0 Å². The number of ether oxygens (including phenoxy) is 1. The smallest absolute Gasteiger partial charge is 0.252 e. The molecule has 2 fully saturated rings. The van der Waals surface area contributed by atoms with E-state index >= 15 is 0 Å². The van der Waals surface area contributed by atoms with Gasteiger partial charge in [0, 0.05) is 30.7 Å². The summed E-state index contributed by atoms with van der Waals surface area (Å²) in [5.41, 5.74) is 6.41. The summed E-state index contributed by atoms with van der Waals surface area (Å²) < 4.78 is 5.80. The Labute approximate surface area is 160 Å². The largest absolute Gasteiger partial charge is 0.507 e. The Balaban J connectivity index is 1.71. The number of fused-ring (bicyclic) bond motifs is 3. The number of phenols is 1. The molecular formula is C21H30N2O4. The van der Waals surface area contributed by atoms with E-state index in [2.05, 4.69) is 11.9 Å². The van der Waals surface area contributed by atoms with Crippen molar-refractivity contribution in [3.05, 3.63) is 28.8 Å². The molecule has 3 aliphatic rings. The van der Waals surface area contributed by atoms with Gasteiger partial charge in [0.25, 0.3) is 5.91 Å². The normalized spacial score (nSPS) is 32.9. The second-order valence-electron chi connectivity index (χ2n) is 8.48. The highest BCUT2D eigenvalue weighted by Gasteiger charge is 2.52. The van der Waals surface area contributed by atoms with Crippen LogP contribution in [-0.2, 0) is 11.2 Å². The van der Waals surface area contributed by atoms with Crippen molar-refractivity contribution in [2.75, 3.05) is 20.2 Å². The maximum atomic E-state index is 11.8. The second kappa shape index (κ2) is 7.08. The molecule has 148 valence electrons. The molecule has 2 unspecified atom stereocenters. The average Bonchev–Trinajstić information content (AvgIpc) is 3.13. The van der Waals surface area contributed by atoms with E-state index in [0.29, 0.717) is 12.8 Å². The molecule has 0 radical (unpaired) electrons. The summed E-state index contributed by atoms with van der Waals surface area (Å²) in [5.74, 6) is -0.843. The number of nitrogens with zero attached hydrogens (tertiary/aromatic N) is 1.